The summed E-state index contributed by atoms with van der Waals surface area (Å²) in [5.41, 5.74) is 0. The van der Waals surface area contributed by atoms with Gasteiger partial charge in [-0.25, -0.2) is 0 Å². The molecule has 3 nitrogen and oxygen atoms in total. The Kier molecular flexibility index (Phi) is 4.95. The van der Waals surface area contributed by atoms with Gasteiger partial charge in [0.1, 0.15) is 6.79 Å². The summed E-state index contributed by atoms with van der Waals surface area (Å²) >= 11 is 0. The van der Waals surface area contributed by atoms with Gasteiger partial charge in [0.25, 0.3) is 0 Å². The molecule has 3 heteroatoms. The smallest absolute Gasteiger partial charge is 0.146 e. The van der Waals surface area contributed by atoms with Crippen LogP contribution >= 0.6 is 0 Å². The lowest BCUT2D eigenvalue weighted by Gasteiger charge is -2.06. The molecule has 0 saturated heterocycles. The Hall–Kier alpha value is -0.120. The van der Waals surface area contributed by atoms with Crippen molar-refractivity contribution in [2.24, 2.45) is 0 Å². The molecule has 0 saturated carbocycles. The molecule has 1 unspecified atom stereocenters. The van der Waals surface area contributed by atoms with Crippen molar-refractivity contribution in [1.29, 1.82) is 0 Å². The van der Waals surface area contributed by atoms with Gasteiger partial charge >= 0.3 is 0 Å². The van der Waals surface area contributed by atoms with Gasteiger partial charge in [-0.05, 0) is 6.92 Å². The molecule has 0 aromatic rings. The van der Waals surface area contributed by atoms with Gasteiger partial charge in [0.05, 0.1) is 12.7 Å². The molecule has 0 aliphatic rings. The molecule has 1 N–H and O–H groups in total. The van der Waals surface area contributed by atoms with E-state index >= 15 is 0 Å². The maximum absolute atomic E-state index is 8.38. The van der Waals surface area contributed by atoms with Crippen LogP contribution < -0.4 is 0 Å². The van der Waals surface area contributed by atoms with Crippen LogP contribution in [-0.2, 0) is 9.47 Å². The fourth-order valence-electron chi connectivity index (χ4n) is 0.237. The normalized spacial score (nSPS) is 13.9. The van der Waals surface area contributed by atoms with Crippen molar-refractivity contribution < 1.29 is 14.6 Å². The number of ether oxygens (including phenoxy) is 2. The van der Waals surface area contributed by atoms with E-state index < -0.39 is 0 Å². The molecule has 0 aliphatic carbocycles. The molecule has 50 valence electrons. The van der Waals surface area contributed by atoms with Crippen LogP contribution in [0.2, 0.25) is 0 Å². The molecule has 0 spiro atoms. The predicted octanol–water partition coefficient (Wildman–Crippen LogP) is -0.0123. The van der Waals surface area contributed by atoms with Gasteiger partial charge in [0, 0.05) is 7.11 Å². The summed E-state index contributed by atoms with van der Waals surface area (Å²) in [6, 6.07) is 0. The van der Waals surface area contributed by atoms with Crippen molar-refractivity contribution in [1.82, 2.24) is 0 Å². The molecule has 0 amide bonds. The van der Waals surface area contributed by atoms with Gasteiger partial charge in [-0.2, -0.15) is 0 Å². The Bertz CT molecular complexity index is 46.9. The summed E-state index contributed by atoms with van der Waals surface area (Å²) < 4.78 is 9.45. The number of hydrogen-bond acceptors (Lipinski definition) is 3. The van der Waals surface area contributed by atoms with Crippen molar-refractivity contribution in [2.45, 2.75) is 13.0 Å². The molecule has 0 heterocycles. The van der Waals surface area contributed by atoms with Crippen molar-refractivity contribution in [2.75, 3.05) is 20.5 Å². The molecular formula is C5H12O3. The minimum Gasteiger partial charge on any atom is -0.394 e. The maximum Gasteiger partial charge on any atom is 0.146 e. The Morgan fingerprint density at radius 1 is 1.62 bits per heavy atom. The highest BCUT2D eigenvalue weighted by Gasteiger charge is 1.95. The number of aliphatic hydroxyl groups is 1. The lowest BCUT2D eigenvalue weighted by Crippen LogP contribution is -2.14. The zero-order valence-electron chi connectivity index (χ0n) is 5.26. The van der Waals surface area contributed by atoms with Crippen LogP contribution in [0, 0.1) is 0 Å². The number of aliphatic hydroxyl groups excluding tert-OH is 1. The van der Waals surface area contributed by atoms with Gasteiger partial charge < -0.3 is 14.6 Å². The summed E-state index contributed by atoms with van der Waals surface area (Å²) in [5.74, 6) is 0. The number of methoxy groups -OCH3 is 1. The van der Waals surface area contributed by atoms with Crippen molar-refractivity contribution in [3.8, 4) is 0 Å². The summed E-state index contributed by atoms with van der Waals surface area (Å²) in [4.78, 5) is 0. The van der Waals surface area contributed by atoms with E-state index in [0.717, 1.165) is 0 Å². The van der Waals surface area contributed by atoms with E-state index in [0.29, 0.717) is 0 Å². The zero-order valence-corrected chi connectivity index (χ0v) is 5.26. The first-order valence-corrected chi connectivity index (χ1v) is 2.52. The first kappa shape index (κ1) is 7.88. The third kappa shape index (κ3) is 4.05. The van der Waals surface area contributed by atoms with Crippen molar-refractivity contribution in [3.63, 3.8) is 0 Å². The Labute approximate surface area is 49.2 Å². The number of hydrogen-bond donors (Lipinski definition) is 1. The van der Waals surface area contributed by atoms with Crippen LogP contribution in [0.3, 0.4) is 0 Å². The van der Waals surface area contributed by atoms with E-state index in [2.05, 4.69) is 4.74 Å². The Morgan fingerprint density at radius 3 is 2.62 bits per heavy atom. The third-order valence-corrected chi connectivity index (χ3v) is 0.728. The van der Waals surface area contributed by atoms with Crippen LogP contribution in [0.1, 0.15) is 6.92 Å². The second-order valence-corrected chi connectivity index (χ2v) is 1.57. The second kappa shape index (κ2) is 5.03. The largest absolute Gasteiger partial charge is 0.394 e. The average Bonchev–Trinajstić information content (AvgIpc) is 1.83. The van der Waals surface area contributed by atoms with Gasteiger partial charge in [0.2, 0.25) is 0 Å². The van der Waals surface area contributed by atoms with Crippen LogP contribution in [0.25, 0.3) is 0 Å². The summed E-state index contributed by atoms with van der Waals surface area (Å²) in [6.45, 7) is 2.07. The molecule has 0 aromatic heterocycles. The van der Waals surface area contributed by atoms with Crippen LogP contribution in [0.4, 0.5) is 0 Å². The van der Waals surface area contributed by atoms with E-state index in [1.807, 2.05) is 0 Å². The average molecular weight is 120 g/mol. The van der Waals surface area contributed by atoms with Gasteiger partial charge in [-0.3, -0.25) is 0 Å². The maximum atomic E-state index is 8.38. The minimum absolute atomic E-state index is 0.0450. The van der Waals surface area contributed by atoms with Crippen molar-refractivity contribution in [3.05, 3.63) is 0 Å². The van der Waals surface area contributed by atoms with E-state index in [1.165, 1.54) is 0 Å². The summed E-state index contributed by atoms with van der Waals surface area (Å²) in [5, 5.41) is 8.38. The Morgan fingerprint density at radius 2 is 2.25 bits per heavy atom. The summed E-state index contributed by atoms with van der Waals surface area (Å²) in [7, 11) is 1.55. The lowest BCUT2D eigenvalue weighted by molar-refractivity contribution is -0.0798. The summed E-state index contributed by atoms with van der Waals surface area (Å²) in [6.07, 6.45) is -0.116. The van der Waals surface area contributed by atoms with E-state index in [1.54, 1.807) is 14.0 Å². The molecule has 0 bridgehead atoms. The number of rotatable bonds is 4. The third-order valence-electron chi connectivity index (χ3n) is 0.728. The molecule has 0 aromatic carbocycles. The van der Waals surface area contributed by atoms with E-state index in [4.69, 9.17) is 9.84 Å². The van der Waals surface area contributed by atoms with Crippen LogP contribution in [0.15, 0.2) is 0 Å². The Balaban J connectivity index is 2.86. The molecule has 0 rings (SSSR count). The molecule has 0 aliphatic heterocycles. The van der Waals surface area contributed by atoms with Crippen LogP contribution in [-0.4, -0.2) is 31.7 Å². The first-order chi connectivity index (χ1) is 3.81. The van der Waals surface area contributed by atoms with E-state index in [-0.39, 0.29) is 19.5 Å². The molecular weight excluding hydrogens is 108 g/mol. The topological polar surface area (TPSA) is 38.7 Å². The SMILES string of the molecule is COCOC(C)CO. The van der Waals surface area contributed by atoms with Crippen LogP contribution in [0.5, 0.6) is 0 Å². The fraction of sp³-hybridized carbons (Fsp3) is 1.00. The highest BCUT2D eigenvalue weighted by molar-refractivity contribution is 4.40. The van der Waals surface area contributed by atoms with Gasteiger partial charge in [-0.1, -0.05) is 0 Å². The van der Waals surface area contributed by atoms with E-state index in [9.17, 15) is 0 Å². The highest BCUT2D eigenvalue weighted by atomic mass is 16.7. The van der Waals surface area contributed by atoms with Gasteiger partial charge in [-0.15, -0.1) is 0 Å². The zero-order chi connectivity index (χ0) is 6.41. The molecule has 1 atom stereocenters. The molecule has 0 radical (unpaired) electrons. The fourth-order valence-corrected chi connectivity index (χ4v) is 0.237. The second-order valence-electron chi connectivity index (χ2n) is 1.57. The highest BCUT2D eigenvalue weighted by Crippen LogP contribution is 1.86. The standard InChI is InChI=1S/C5H12O3/c1-5(3-6)8-4-7-2/h5-6H,3-4H2,1-2H3. The minimum atomic E-state index is -0.116. The molecule has 8 heavy (non-hydrogen) atoms. The predicted molar refractivity (Wildman–Crippen MR) is 29.5 cm³/mol. The monoisotopic (exact) mass is 120 g/mol. The van der Waals surface area contributed by atoms with Crippen molar-refractivity contribution >= 4 is 0 Å². The first-order valence-electron chi connectivity index (χ1n) is 2.52. The van der Waals surface area contributed by atoms with Gasteiger partial charge in [0.15, 0.2) is 0 Å². The quantitative estimate of drug-likeness (QED) is 0.530. The molecule has 0 fully saturated rings. The lowest BCUT2D eigenvalue weighted by atomic mass is 10.4.